The van der Waals surface area contributed by atoms with Gasteiger partial charge < -0.3 is 10.5 Å². The molecule has 0 saturated carbocycles. The van der Waals surface area contributed by atoms with Gasteiger partial charge in [0.25, 0.3) is 0 Å². The molecule has 0 spiro atoms. The molecule has 1 saturated heterocycles. The first-order valence-electron chi connectivity index (χ1n) is 6.75. The van der Waals surface area contributed by atoms with E-state index < -0.39 is 0 Å². The molecule has 0 aliphatic carbocycles. The smallest absolute Gasteiger partial charge is 0.0995 e. The first kappa shape index (κ1) is 12.4. The molecule has 2 aromatic carbocycles. The van der Waals surface area contributed by atoms with Crippen LogP contribution in [0.15, 0.2) is 60.7 Å². The molecule has 2 heteroatoms. The maximum Gasteiger partial charge on any atom is 0.0995 e. The second-order valence-electron chi connectivity index (χ2n) is 5.38. The van der Waals surface area contributed by atoms with Crippen molar-refractivity contribution in [2.24, 2.45) is 5.73 Å². The molecule has 0 radical (unpaired) electrons. The molecule has 0 unspecified atom stereocenters. The highest BCUT2D eigenvalue weighted by atomic mass is 16.6. The van der Waals surface area contributed by atoms with E-state index in [-0.39, 0.29) is 11.6 Å². The molecule has 0 aromatic heterocycles. The molecule has 1 aliphatic rings. The van der Waals surface area contributed by atoms with Crippen molar-refractivity contribution in [1.82, 2.24) is 0 Å². The summed E-state index contributed by atoms with van der Waals surface area (Å²) in [6, 6.07) is 20.9. The van der Waals surface area contributed by atoms with Crippen LogP contribution in [0.2, 0.25) is 0 Å². The molecular weight excluding hydrogens is 234 g/mol. The Bertz CT molecular complexity index is 478. The van der Waals surface area contributed by atoms with Crippen LogP contribution in [0.1, 0.15) is 11.1 Å². The van der Waals surface area contributed by atoms with E-state index in [0.29, 0.717) is 0 Å². The predicted molar refractivity (Wildman–Crippen MR) is 77.0 cm³/mol. The normalized spacial score (nSPS) is 18.3. The minimum Gasteiger partial charge on any atom is -0.371 e. The highest BCUT2D eigenvalue weighted by Gasteiger charge is 2.43. The monoisotopic (exact) mass is 253 g/mol. The summed E-state index contributed by atoms with van der Waals surface area (Å²) in [5.74, 6) is 0. The van der Waals surface area contributed by atoms with Crippen molar-refractivity contribution in [3.05, 3.63) is 71.8 Å². The Hall–Kier alpha value is -1.64. The molecule has 1 heterocycles. The van der Waals surface area contributed by atoms with Crippen LogP contribution in [0.25, 0.3) is 0 Å². The zero-order chi connectivity index (χ0) is 13.1. The molecule has 98 valence electrons. The fourth-order valence-corrected chi connectivity index (χ4v) is 2.62. The second-order valence-corrected chi connectivity index (χ2v) is 5.38. The lowest BCUT2D eigenvalue weighted by molar-refractivity contribution is 0.281. The summed E-state index contributed by atoms with van der Waals surface area (Å²) in [4.78, 5) is 0. The summed E-state index contributed by atoms with van der Waals surface area (Å²) in [6.45, 7) is 0.788. The summed E-state index contributed by atoms with van der Waals surface area (Å²) >= 11 is 0. The number of hydrogen-bond donors (Lipinski definition) is 1. The van der Waals surface area contributed by atoms with Crippen molar-refractivity contribution in [3.63, 3.8) is 0 Å². The molecule has 3 rings (SSSR count). The lowest BCUT2D eigenvalue weighted by atomic mass is 9.83. The molecule has 0 amide bonds. The van der Waals surface area contributed by atoms with E-state index in [1.807, 2.05) is 12.1 Å². The van der Waals surface area contributed by atoms with Crippen LogP contribution in [0.3, 0.4) is 0 Å². The van der Waals surface area contributed by atoms with Crippen molar-refractivity contribution in [2.45, 2.75) is 24.5 Å². The summed E-state index contributed by atoms with van der Waals surface area (Å²) in [6.07, 6.45) is 1.90. The average Bonchev–Trinajstić information content (AvgIpc) is 3.25. The minimum atomic E-state index is -0.303. The summed E-state index contributed by atoms with van der Waals surface area (Å²) < 4.78 is 5.49. The Labute approximate surface area is 114 Å². The van der Waals surface area contributed by atoms with E-state index >= 15 is 0 Å². The van der Waals surface area contributed by atoms with Gasteiger partial charge in [0.05, 0.1) is 18.2 Å². The maximum absolute atomic E-state index is 6.64. The fourth-order valence-electron chi connectivity index (χ4n) is 2.62. The van der Waals surface area contributed by atoms with E-state index in [0.717, 1.165) is 19.4 Å². The van der Waals surface area contributed by atoms with Crippen molar-refractivity contribution in [1.29, 1.82) is 0 Å². The van der Waals surface area contributed by atoms with Crippen molar-refractivity contribution >= 4 is 0 Å². The Morgan fingerprint density at radius 3 is 1.68 bits per heavy atom. The van der Waals surface area contributed by atoms with Gasteiger partial charge in [-0.3, -0.25) is 0 Å². The van der Waals surface area contributed by atoms with Gasteiger partial charge in [-0.2, -0.15) is 0 Å². The van der Waals surface area contributed by atoms with Gasteiger partial charge in [-0.05, 0) is 24.0 Å². The zero-order valence-electron chi connectivity index (χ0n) is 11.0. The third-order valence-corrected chi connectivity index (χ3v) is 3.73. The third kappa shape index (κ3) is 3.03. The van der Waals surface area contributed by atoms with Crippen LogP contribution in [-0.4, -0.2) is 18.2 Å². The SMILES string of the molecule is NC(Cc1ccccc1)(Cc1ccccc1)[C@@H]1CO1. The predicted octanol–water partition coefficient (Wildman–Crippen LogP) is 2.57. The topological polar surface area (TPSA) is 38.5 Å². The summed E-state index contributed by atoms with van der Waals surface area (Å²) in [5, 5.41) is 0. The van der Waals surface area contributed by atoms with Crippen molar-refractivity contribution in [2.75, 3.05) is 6.61 Å². The molecule has 2 N–H and O–H groups in total. The number of rotatable bonds is 5. The van der Waals surface area contributed by atoms with Gasteiger partial charge in [0.1, 0.15) is 0 Å². The molecule has 2 aromatic rings. The molecule has 19 heavy (non-hydrogen) atoms. The third-order valence-electron chi connectivity index (χ3n) is 3.73. The van der Waals surface area contributed by atoms with Gasteiger partial charge in [0.15, 0.2) is 0 Å². The highest BCUT2D eigenvalue weighted by molar-refractivity contribution is 5.24. The Morgan fingerprint density at radius 1 is 0.895 bits per heavy atom. The largest absolute Gasteiger partial charge is 0.371 e. The van der Waals surface area contributed by atoms with E-state index in [4.69, 9.17) is 10.5 Å². The first-order chi connectivity index (χ1) is 9.26. The maximum atomic E-state index is 6.64. The molecule has 1 fully saturated rings. The van der Waals surface area contributed by atoms with Gasteiger partial charge in [-0.1, -0.05) is 60.7 Å². The molecule has 1 atom stereocenters. The minimum absolute atomic E-state index is 0.188. The number of nitrogens with two attached hydrogens (primary N) is 1. The number of epoxide rings is 1. The quantitative estimate of drug-likeness (QED) is 0.832. The standard InChI is InChI=1S/C17H19NO/c18-17(16-13-19-16,11-14-7-3-1-4-8-14)12-15-9-5-2-6-10-15/h1-10,16H,11-13,18H2/t16-/m0/s1. The van der Waals surface area contributed by atoms with Crippen molar-refractivity contribution < 1.29 is 4.74 Å². The molecule has 2 nitrogen and oxygen atoms in total. The summed E-state index contributed by atoms with van der Waals surface area (Å²) in [5.41, 5.74) is 8.89. The van der Waals surface area contributed by atoms with E-state index in [1.165, 1.54) is 11.1 Å². The highest BCUT2D eigenvalue weighted by Crippen LogP contribution is 2.29. The van der Waals surface area contributed by atoms with E-state index in [2.05, 4.69) is 48.5 Å². The van der Waals surface area contributed by atoms with Crippen LogP contribution in [-0.2, 0) is 17.6 Å². The Balaban J connectivity index is 1.79. The van der Waals surface area contributed by atoms with Crippen LogP contribution in [0.5, 0.6) is 0 Å². The molecular formula is C17H19NO. The summed E-state index contributed by atoms with van der Waals surface area (Å²) in [7, 11) is 0. The van der Waals surface area contributed by atoms with Crippen LogP contribution >= 0.6 is 0 Å². The van der Waals surface area contributed by atoms with Crippen LogP contribution < -0.4 is 5.73 Å². The van der Waals surface area contributed by atoms with Gasteiger partial charge in [-0.15, -0.1) is 0 Å². The first-order valence-corrected chi connectivity index (χ1v) is 6.75. The van der Waals surface area contributed by atoms with E-state index in [1.54, 1.807) is 0 Å². The Morgan fingerprint density at radius 2 is 1.32 bits per heavy atom. The average molecular weight is 253 g/mol. The van der Waals surface area contributed by atoms with Gasteiger partial charge in [0.2, 0.25) is 0 Å². The number of hydrogen-bond acceptors (Lipinski definition) is 2. The molecule has 1 aliphatic heterocycles. The zero-order valence-corrected chi connectivity index (χ0v) is 11.0. The number of benzene rings is 2. The van der Waals surface area contributed by atoms with Gasteiger partial charge in [0, 0.05) is 0 Å². The van der Waals surface area contributed by atoms with Crippen LogP contribution in [0, 0.1) is 0 Å². The van der Waals surface area contributed by atoms with Crippen LogP contribution in [0.4, 0.5) is 0 Å². The lowest BCUT2D eigenvalue weighted by Crippen LogP contribution is -2.49. The Kier molecular flexibility index (Phi) is 3.36. The lowest BCUT2D eigenvalue weighted by Gasteiger charge is -2.28. The molecule has 0 bridgehead atoms. The second kappa shape index (κ2) is 5.16. The fraction of sp³-hybridized carbons (Fsp3) is 0.294. The number of ether oxygens (including phenoxy) is 1. The van der Waals surface area contributed by atoms with Gasteiger partial charge >= 0.3 is 0 Å². The van der Waals surface area contributed by atoms with Crippen molar-refractivity contribution in [3.8, 4) is 0 Å². The van der Waals surface area contributed by atoms with Gasteiger partial charge in [-0.25, -0.2) is 0 Å². The van der Waals surface area contributed by atoms with E-state index in [9.17, 15) is 0 Å².